The fraction of sp³-hybridized carbons (Fsp3) is 0.636. The summed E-state index contributed by atoms with van der Waals surface area (Å²) in [6.45, 7) is 6.88. The average molecular weight is 209 g/mol. The molecule has 0 fully saturated rings. The van der Waals surface area contributed by atoms with Crippen LogP contribution in [0.25, 0.3) is 0 Å². The highest BCUT2D eigenvalue weighted by molar-refractivity contribution is 5.93. The van der Waals surface area contributed by atoms with Crippen molar-refractivity contribution in [1.29, 1.82) is 0 Å². The molecule has 1 aromatic rings. The van der Waals surface area contributed by atoms with Gasteiger partial charge in [0.1, 0.15) is 0 Å². The van der Waals surface area contributed by atoms with Gasteiger partial charge in [0.25, 0.3) is 5.91 Å². The number of carbonyl (C=O) groups is 1. The first kappa shape index (κ1) is 11.8. The Kier molecular flexibility index (Phi) is 3.88. The molecule has 0 saturated heterocycles. The first-order valence-corrected chi connectivity index (χ1v) is 5.29. The molecule has 0 aromatic carbocycles. The molecule has 0 aliphatic heterocycles. The van der Waals surface area contributed by atoms with Crippen LogP contribution in [0.15, 0.2) is 6.20 Å². The van der Waals surface area contributed by atoms with Gasteiger partial charge >= 0.3 is 0 Å². The zero-order chi connectivity index (χ0) is 11.4. The van der Waals surface area contributed by atoms with Crippen LogP contribution in [-0.4, -0.2) is 22.2 Å². The van der Waals surface area contributed by atoms with E-state index in [1.807, 2.05) is 20.2 Å². The number of amides is 1. The zero-order valence-corrected chi connectivity index (χ0v) is 9.87. The van der Waals surface area contributed by atoms with Gasteiger partial charge in [0.05, 0.1) is 0 Å². The number of carbonyl (C=O) groups excluding carboxylic acids is 1. The van der Waals surface area contributed by atoms with E-state index in [0.717, 1.165) is 12.0 Å². The molecule has 0 atom stereocenters. The molecule has 0 aliphatic rings. The number of hydrogen-bond acceptors (Lipinski definition) is 2. The van der Waals surface area contributed by atoms with Crippen LogP contribution in [0, 0.1) is 12.8 Å². The van der Waals surface area contributed by atoms with Crippen LogP contribution in [0.3, 0.4) is 0 Å². The number of nitrogens with one attached hydrogen (secondary N) is 1. The quantitative estimate of drug-likeness (QED) is 0.817. The van der Waals surface area contributed by atoms with E-state index in [0.29, 0.717) is 18.2 Å². The van der Waals surface area contributed by atoms with Crippen LogP contribution in [0.2, 0.25) is 0 Å². The van der Waals surface area contributed by atoms with Gasteiger partial charge in [-0.15, -0.1) is 0 Å². The highest BCUT2D eigenvalue weighted by Gasteiger charge is 2.12. The Morgan fingerprint density at radius 2 is 2.27 bits per heavy atom. The predicted molar refractivity (Wildman–Crippen MR) is 59.7 cm³/mol. The highest BCUT2D eigenvalue weighted by Crippen LogP contribution is 2.04. The minimum absolute atomic E-state index is 0.0752. The molecule has 0 radical (unpaired) electrons. The smallest absolute Gasteiger partial charge is 0.272 e. The van der Waals surface area contributed by atoms with Crippen LogP contribution in [0.5, 0.6) is 0 Å². The molecule has 1 heterocycles. The maximum absolute atomic E-state index is 11.7. The van der Waals surface area contributed by atoms with Crippen molar-refractivity contribution in [2.75, 3.05) is 6.54 Å². The Hall–Kier alpha value is -1.32. The Morgan fingerprint density at radius 3 is 2.73 bits per heavy atom. The molecule has 0 saturated carbocycles. The van der Waals surface area contributed by atoms with E-state index >= 15 is 0 Å². The lowest BCUT2D eigenvalue weighted by Crippen LogP contribution is -2.26. The molecule has 0 bridgehead atoms. The summed E-state index contributed by atoms with van der Waals surface area (Å²) in [6, 6.07) is 0. The lowest BCUT2D eigenvalue weighted by Gasteiger charge is -2.05. The summed E-state index contributed by atoms with van der Waals surface area (Å²) in [5.41, 5.74) is 1.45. The summed E-state index contributed by atoms with van der Waals surface area (Å²) < 4.78 is 1.66. The molecular formula is C11H19N3O. The van der Waals surface area contributed by atoms with E-state index in [-0.39, 0.29) is 5.91 Å². The van der Waals surface area contributed by atoms with E-state index < -0.39 is 0 Å². The molecule has 1 N–H and O–H groups in total. The minimum atomic E-state index is -0.0752. The fourth-order valence-electron chi connectivity index (χ4n) is 1.39. The second-order valence-electron chi connectivity index (χ2n) is 4.27. The molecule has 0 unspecified atom stereocenters. The maximum atomic E-state index is 11.7. The summed E-state index contributed by atoms with van der Waals surface area (Å²) >= 11 is 0. The van der Waals surface area contributed by atoms with Gasteiger partial charge in [-0.1, -0.05) is 13.8 Å². The molecule has 1 rings (SSSR count). The van der Waals surface area contributed by atoms with Crippen molar-refractivity contribution in [3.8, 4) is 0 Å². The third-order valence-corrected chi connectivity index (χ3v) is 2.23. The molecular weight excluding hydrogens is 190 g/mol. The lowest BCUT2D eigenvalue weighted by molar-refractivity contribution is 0.0945. The van der Waals surface area contributed by atoms with E-state index in [1.54, 1.807) is 4.68 Å². The monoisotopic (exact) mass is 209 g/mol. The highest BCUT2D eigenvalue weighted by atomic mass is 16.1. The topological polar surface area (TPSA) is 46.9 Å². The molecule has 1 aromatic heterocycles. The van der Waals surface area contributed by atoms with E-state index in [2.05, 4.69) is 24.3 Å². The Balaban J connectivity index is 2.50. The standard InChI is InChI=1S/C11H19N3O/c1-8(2)5-6-12-11(15)10-9(3)7-14(4)13-10/h7-8H,5-6H2,1-4H3,(H,12,15). The summed E-state index contributed by atoms with van der Waals surface area (Å²) in [4.78, 5) is 11.7. The Morgan fingerprint density at radius 1 is 1.60 bits per heavy atom. The van der Waals surface area contributed by atoms with Gasteiger partial charge in [0, 0.05) is 25.4 Å². The normalized spacial score (nSPS) is 10.7. The van der Waals surface area contributed by atoms with E-state index in [4.69, 9.17) is 0 Å². The number of nitrogens with zero attached hydrogens (tertiary/aromatic N) is 2. The second-order valence-corrected chi connectivity index (χ2v) is 4.27. The number of rotatable bonds is 4. The molecule has 0 aliphatic carbocycles. The third kappa shape index (κ3) is 3.38. The summed E-state index contributed by atoms with van der Waals surface area (Å²) in [5, 5.41) is 6.98. The third-order valence-electron chi connectivity index (χ3n) is 2.23. The van der Waals surface area contributed by atoms with E-state index in [9.17, 15) is 4.79 Å². The van der Waals surface area contributed by atoms with Crippen LogP contribution >= 0.6 is 0 Å². The molecule has 15 heavy (non-hydrogen) atoms. The SMILES string of the molecule is Cc1cn(C)nc1C(=O)NCCC(C)C. The van der Waals surface area contributed by atoms with Gasteiger partial charge in [0.15, 0.2) is 5.69 Å². The van der Waals surface area contributed by atoms with Crippen LogP contribution in [-0.2, 0) is 7.05 Å². The van der Waals surface area contributed by atoms with Crippen molar-refractivity contribution in [3.05, 3.63) is 17.5 Å². The van der Waals surface area contributed by atoms with Gasteiger partial charge in [-0.2, -0.15) is 5.10 Å². The molecule has 1 amide bonds. The van der Waals surface area contributed by atoms with Crippen LogP contribution in [0.4, 0.5) is 0 Å². The summed E-state index contributed by atoms with van der Waals surface area (Å²) in [6.07, 6.45) is 2.84. The molecule has 4 heteroatoms. The number of aryl methyl sites for hydroxylation is 2. The van der Waals surface area contributed by atoms with E-state index in [1.165, 1.54) is 0 Å². The van der Waals surface area contributed by atoms with Gasteiger partial charge in [-0.05, 0) is 19.3 Å². The fourth-order valence-corrected chi connectivity index (χ4v) is 1.39. The van der Waals surface area contributed by atoms with Crippen molar-refractivity contribution in [1.82, 2.24) is 15.1 Å². The summed E-state index contributed by atoms with van der Waals surface area (Å²) in [5.74, 6) is 0.531. The molecule has 4 nitrogen and oxygen atoms in total. The van der Waals surface area contributed by atoms with Crippen LogP contribution < -0.4 is 5.32 Å². The summed E-state index contributed by atoms with van der Waals surface area (Å²) in [7, 11) is 1.82. The van der Waals surface area contributed by atoms with Crippen LogP contribution in [0.1, 0.15) is 36.3 Å². The first-order chi connectivity index (χ1) is 7.00. The molecule has 0 spiro atoms. The van der Waals surface area contributed by atoms with Crippen molar-refractivity contribution >= 4 is 5.91 Å². The van der Waals surface area contributed by atoms with Gasteiger partial charge < -0.3 is 5.32 Å². The Bertz CT molecular complexity index is 342. The largest absolute Gasteiger partial charge is 0.351 e. The number of aromatic nitrogens is 2. The van der Waals surface area contributed by atoms with Crippen molar-refractivity contribution in [2.24, 2.45) is 13.0 Å². The van der Waals surface area contributed by atoms with Crippen molar-refractivity contribution in [3.63, 3.8) is 0 Å². The van der Waals surface area contributed by atoms with Gasteiger partial charge in [-0.25, -0.2) is 0 Å². The number of hydrogen-bond donors (Lipinski definition) is 1. The Labute approximate surface area is 90.7 Å². The predicted octanol–water partition coefficient (Wildman–Crippen LogP) is 1.50. The van der Waals surface area contributed by atoms with Gasteiger partial charge in [0.2, 0.25) is 0 Å². The maximum Gasteiger partial charge on any atom is 0.272 e. The van der Waals surface area contributed by atoms with Crippen molar-refractivity contribution < 1.29 is 4.79 Å². The first-order valence-electron chi connectivity index (χ1n) is 5.29. The minimum Gasteiger partial charge on any atom is -0.351 e. The zero-order valence-electron chi connectivity index (χ0n) is 9.87. The molecule has 84 valence electrons. The van der Waals surface area contributed by atoms with Gasteiger partial charge in [-0.3, -0.25) is 9.48 Å². The lowest BCUT2D eigenvalue weighted by atomic mass is 10.1. The average Bonchev–Trinajstić information content (AvgIpc) is 2.44. The second kappa shape index (κ2) is 4.96. The van der Waals surface area contributed by atoms with Crippen molar-refractivity contribution in [2.45, 2.75) is 27.2 Å².